The first kappa shape index (κ1) is 13.7. The highest BCUT2D eigenvalue weighted by molar-refractivity contribution is 5.33. The summed E-state index contributed by atoms with van der Waals surface area (Å²) in [6.45, 7) is 9.23. The van der Waals surface area contributed by atoms with Gasteiger partial charge in [0.05, 0.1) is 5.69 Å². The zero-order valence-electron chi connectivity index (χ0n) is 12.4. The third-order valence-corrected chi connectivity index (χ3v) is 3.09. The Hall–Kier alpha value is -1.68. The number of hydrogen-bond donors (Lipinski definition) is 1. The molecule has 0 saturated carbocycles. The first-order valence-electron chi connectivity index (χ1n) is 6.70. The predicted octanol–water partition coefficient (Wildman–Crippen LogP) is 2.73. The Bertz CT molecular complexity index is 570. The van der Waals surface area contributed by atoms with Gasteiger partial charge in [0.2, 0.25) is 0 Å². The Kier molecular flexibility index (Phi) is 4.00. The second-order valence-corrected chi connectivity index (χ2v) is 5.28. The van der Waals surface area contributed by atoms with Crippen LogP contribution < -0.4 is 5.32 Å². The number of rotatable bonds is 4. The first-order valence-corrected chi connectivity index (χ1v) is 6.70. The molecule has 0 aliphatic heterocycles. The van der Waals surface area contributed by atoms with E-state index in [0.717, 1.165) is 29.4 Å². The summed E-state index contributed by atoms with van der Waals surface area (Å²) in [4.78, 5) is 4.73. The summed E-state index contributed by atoms with van der Waals surface area (Å²) in [5.41, 5.74) is 4.48. The first-order chi connectivity index (χ1) is 9.01. The minimum atomic E-state index is 0.410. The SMILES string of the molecule is CNCc1cc(C(C)C)nc(-n2nc(C)cc2C)c1. The third-order valence-electron chi connectivity index (χ3n) is 3.09. The van der Waals surface area contributed by atoms with Crippen LogP contribution in [-0.2, 0) is 6.54 Å². The van der Waals surface area contributed by atoms with Crippen molar-refractivity contribution >= 4 is 0 Å². The van der Waals surface area contributed by atoms with Crippen molar-refractivity contribution in [1.29, 1.82) is 0 Å². The van der Waals surface area contributed by atoms with E-state index in [1.54, 1.807) is 0 Å². The maximum Gasteiger partial charge on any atom is 0.154 e. The normalized spacial score (nSPS) is 11.3. The van der Waals surface area contributed by atoms with Gasteiger partial charge in [0.15, 0.2) is 5.82 Å². The fourth-order valence-corrected chi connectivity index (χ4v) is 2.17. The lowest BCUT2D eigenvalue weighted by atomic mass is 10.1. The van der Waals surface area contributed by atoms with Gasteiger partial charge in [-0.1, -0.05) is 13.8 Å². The Labute approximate surface area is 114 Å². The van der Waals surface area contributed by atoms with Crippen LogP contribution in [0.5, 0.6) is 0 Å². The molecule has 4 nitrogen and oxygen atoms in total. The lowest BCUT2D eigenvalue weighted by Crippen LogP contribution is -2.10. The number of hydrogen-bond acceptors (Lipinski definition) is 3. The van der Waals surface area contributed by atoms with Gasteiger partial charge >= 0.3 is 0 Å². The van der Waals surface area contributed by atoms with Crippen LogP contribution in [0.25, 0.3) is 5.82 Å². The topological polar surface area (TPSA) is 42.7 Å². The molecule has 2 aromatic heterocycles. The van der Waals surface area contributed by atoms with E-state index in [4.69, 9.17) is 4.98 Å². The second-order valence-electron chi connectivity index (χ2n) is 5.28. The molecular weight excluding hydrogens is 236 g/mol. The molecule has 2 aromatic rings. The van der Waals surface area contributed by atoms with E-state index < -0.39 is 0 Å². The maximum absolute atomic E-state index is 4.73. The lowest BCUT2D eigenvalue weighted by Gasteiger charge is -2.12. The van der Waals surface area contributed by atoms with Crippen molar-refractivity contribution in [1.82, 2.24) is 20.1 Å². The summed E-state index contributed by atoms with van der Waals surface area (Å²) in [6, 6.07) is 6.33. The van der Waals surface area contributed by atoms with E-state index in [2.05, 4.69) is 49.4 Å². The fourth-order valence-electron chi connectivity index (χ4n) is 2.17. The van der Waals surface area contributed by atoms with Gasteiger partial charge in [-0.2, -0.15) is 5.10 Å². The van der Waals surface area contributed by atoms with Crippen molar-refractivity contribution in [3.05, 3.63) is 40.8 Å². The molecule has 2 heterocycles. The summed E-state index contributed by atoms with van der Waals surface area (Å²) in [5.74, 6) is 1.31. The molecule has 0 amide bonds. The van der Waals surface area contributed by atoms with Gasteiger partial charge in [-0.15, -0.1) is 0 Å². The summed E-state index contributed by atoms with van der Waals surface area (Å²) in [5, 5.41) is 7.71. The quantitative estimate of drug-likeness (QED) is 0.917. The van der Waals surface area contributed by atoms with Gasteiger partial charge < -0.3 is 5.32 Å². The minimum absolute atomic E-state index is 0.410. The molecule has 0 aliphatic carbocycles. The molecule has 0 unspecified atom stereocenters. The molecule has 0 atom stereocenters. The van der Waals surface area contributed by atoms with Crippen LogP contribution in [0.4, 0.5) is 0 Å². The van der Waals surface area contributed by atoms with Gasteiger partial charge in [-0.3, -0.25) is 0 Å². The Morgan fingerprint density at radius 2 is 1.95 bits per heavy atom. The smallest absolute Gasteiger partial charge is 0.154 e. The highest BCUT2D eigenvalue weighted by atomic mass is 15.3. The molecule has 19 heavy (non-hydrogen) atoms. The monoisotopic (exact) mass is 258 g/mol. The predicted molar refractivity (Wildman–Crippen MR) is 77.7 cm³/mol. The van der Waals surface area contributed by atoms with Crippen LogP contribution in [0.1, 0.15) is 42.4 Å². The molecule has 102 valence electrons. The fraction of sp³-hybridized carbons (Fsp3) is 0.467. The summed E-state index contributed by atoms with van der Waals surface area (Å²) >= 11 is 0. The third kappa shape index (κ3) is 3.01. The van der Waals surface area contributed by atoms with Gasteiger partial charge in [-0.05, 0) is 50.6 Å². The molecule has 0 aromatic carbocycles. The molecule has 0 radical (unpaired) electrons. The van der Waals surface area contributed by atoms with Crippen LogP contribution in [0.15, 0.2) is 18.2 Å². The van der Waals surface area contributed by atoms with Crippen LogP contribution in [0.3, 0.4) is 0 Å². The number of aryl methyl sites for hydroxylation is 2. The van der Waals surface area contributed by atoms with Crippen LogP contribution in [-0.4, -0.2) is 21.8 Å². The molecule has 0 fully saturated rings. The van der Waals surface area contributed by atoms with Gasteiger partial charge in [-0.25, -0.2) is 9.67 Å². The van der Waals surface area contributed by atoms with E-state index in [1.807, 2.05) is 18.7 Å². The minimum Gasteiger partial charge on any atom is -0.316 e. The van der Waals surface area contributed by atoms with Crippen LogP contribution in [0, 0.1) is 13.8 Å². The van der Waals surface area contributed by atoms with E-state index in [-0.39, 0.29) is 0 Å². The van der Waals surface area contributed by atoms with Gasteiger partial charge in [0.1, 0.15) is 0 Å². The van der Waals surface area contributed by atoms with Crippen LogP contribution >= 0.6 is 0 Å². The molecule has 2 rings (SSSR count). The average molecular weight is 258 g/mol. The number of nitrogens with zero attached hydrogens (tertiary/aromatic N) is 3. The molecular formula is C15H22N4. The zero-order chi connectivity index (χ0) is 14.0. The van der Waals surface area contributed by atoms with Crippen molar-refractivity contribution in [3.8, 4) is 5.82 Å². The van der Waals surface area contributed by atoms with E-state index >= 15 is 0 Å². The Morgan fingerprint density at radius 3 is 2.47 bits per heavy atom. The highest BCUT2D eigenvalue weighted by Crippen LogP contribution is 2.18. The van der Waals surface area contributed by atoms with Gasteiger partial charge in [0, 0.05) is 17.9 Å². The number of nitrogens with one attached hydrogen (secondary N) is 1. The Balaban J connectivity index is 2.52. The molecule has 4 heteroatoms. The lowest BCUT2D eigenvalue weighted by molar-refractivity contribution is 0.749. The molecule has 0 spiro atoms. The van der Waals surface area contributed by atoms with E-state index in [9.17, 15) is 0 Å². The molecule has 0 saturated heterocycles. The van der Waals surface area contributed by atoms with Crippen molar-refractivity contribution < 1.29 is 0 Å². The highest BCUT2D eigenvalue weighted by Gasteiger charge is 2.10. The van der Waals surface area contributed by atoms with E-state index in [1.165, 1.54) is 5.56 Å². The largest absolute Gasteiger partial charge is 0.316 e. The van der Waals surface area contributed by atoms with Crippen LogP contribution in [0.2, 0.25) is 0 Å². The number of pyridine rings is 1. The molecule has 1 N–H and O–H groups in total. The summed E-state index contributed by atoms with van der Waals surface area (Å²) < 4.78 is 1.92. The molecule has 0 bridgehead atoms. The summed E-state index contributed by atoms with van der Waals surface area (Å²) in [7, 11) is 1.96. The maximum atomic E-state index is 4.73. The second kappa shape index (κ2) is 5.53. The van der Waals surface area contributed by atoms with Crippen molar-refractivity contribution in [2.45, 2.75) is 40.2 Å². The number of aromatic nitrogens is 3. The van der Waals surface area contributed by atoms with E-state index in [0.29, 0.717) is 5.92 Å². The van der Waals surface area contributed by atoms with Crippen molar-refractivity contribution in [3.63, 3.8) is 0 Å². The zero-order valence-corrected chi connectivity index (χ0v) is 12.4. The summed E-state index contributed by atoms with van der Waals surface area (Å²) in [6.07, 6.45) is 0. The standard InChI is InChI=1S/C15H22N4/c1-10(2)14-7-13(9-16-5)8-15(17-14)19-12(4)6-11(3)18-19/h6-8,10,16H,9H2,1-5H3. The van der Waals surface area contributed by atoms with Crippen molar-refractivity contribution in [2.75, 3.05) is 7.05 Å². The Morgan fingerprint density at radius 1 is 1.21 bits per heavy atom. The molecule has 0 aliphatic rings. The average Bonchev–Trinajstić information content (AvgIpc) is 2.68. The van der Waals surface area contributed by atoms with Gasteiger partial charge in [0.25, 0.3) is 0 Å². The van der Waals surface area contributed by atoms with Crippen molar-refractivity contribution in [2.24, 2.45) is 0 Å².